The Morgan fingerprint density at radius 1 is 1.07 bits per heavy atom. The molecule has 4 nitrogen and oxygen atoms in total. The quantitative estimate of drug-likeness (QED) is 0.456. The molecule has 1 saturated heterocycles. The minimum absolute atomic E-state index is 0.0719. The van der Waals surface area contributed by atoms with Gasteiger partial charge in [0.2, 0.25) is 0 Å². The summed E-state index contributed by atoms with van der Waals surface area (Å²) in [7, 11) is 0. The first-order valence-electron chi connectivity index (χ1n) is 9.94. The van der Waals surface area contributed by atoms with Crippen LogP contribution in [0.1, 0.15) is 42.1 Å². The molecule has 3 atom stereocenters. The number of esters is 1. The van der Waals surface area contributed by atoms with Gasteiger partial charge in [-0.05, 0) is 30.5 Å². The van der Waals surface area contributed by atoms with Crippen LogP contribution in [0, 0.1) is 0 Å². The van der Waals surface area contributed by atoms with Gasteiger partial charge in [0, 0.05) is 6.42 Å². The minimum atomic E-state index is -0.301. The fourth-order valence-corrected chi connectivity index (χ4v) is 3.30. The van der Waals surface area contributed by atoms with Gasteiger partial charge in [0.15, 0.2) is 0 Å². The summed E-state index contributed by atoms with van der Waals surface area (Å²) < 4.78 is 17.8. The lowest BCUT2D eigenvalue weighted by Crippen LogP contribution is -2.26. The van der Waals surface area contributed by atoms with Crippen LogP contribution < -0.4 is 0 Å². The van der Waals surface area contributed by atoms with E-state index in [4.69, 9.17) is 14.2 Å². The molecule has 0 saturated carbocycles. The number of rotatable bonds is 9. The van der Waals surface area contributed by atoms with E-state index in [0.29, 0.717) is 25.2 Å². The van der Waals surface area contributed by atoms with Crippen LogP contribution in [0.2, 0.25) is 0 Å². The third kappa shape index (κ3) is 6.04. The second-order valence-electron chi connectivity index (χ2n) is 6.96. The lowest BCUT2D eigenvalue weighted by molar-refractivity contribution is -0.0351. The normalized spacial score (nSPS) is 21.8. The smallest absolute Gasteiger partial charge is 0.338 e. The molecule has 0 radical (unpaired) electrons. The van der Waals surface area contributed by atoms with Gasteiger partial charge < -0.3 is 14.2 Å². The Balaban J connectivity index is 1.55. The summed E-state index contributed by atoms with van der Waals surface area (Å²) >= 11 is 0. The second-order valence-corrected chi connectivity index (χ2v) is 6.96. The Labute approximate surface area is 167 Å². The lowest BCUT2D eigenvalue weighted by Gasteiger charge is -2.17. The highest BCUT2D eigenvalue weighted by atomic mass is 16.6. The van der Waals surface area contributed by atoms with Crippen molar-refractivity contribution in [2.45, 2.75) is 51.1 Å². The summed E-state index contributed by atoms with van der Waals surface area (Å²) in [5, 5.41) is 0. The fraction of sp³-hybridized carbons (Fsp3) is 0.375. The van der Waals surface area contributed by atoms with Crippen molar-refractivity contribution < 1.29 is 19.0 Å². The van der Waals surface area contributed by atoms with E-state index in [9.17, 15) is 4.79 Å². The van der Waals surface area contributed by atoms with Crippen molar-refractivity contribution in [3.63, 3.8) is 0 Å². The van der Waals surface area contributed by atoms with Gasteiger partial charge in [-0.25, -0.2) is 4.79 Å². The van der Waals surface area contributed by atoms with Gasteiger partial charge in [-0.2, -0.15) is 0 Å². The predicted octanol–water partition coefficient (Wildman–Crippen LogP) is 4.94. The SMILES string of the molecule is CC/C=C/C[C@@H]1O[C@H](COCc2ccccc2)C[C@@H]1OC(=O)c1ccccc1. The number of carbonyl (C=O) groups is 1. The van der Waals surface area contributed by atoms with Crippen LogP contribution in [-0.4, -0.2) is 30.9 Å². The third-order valence-corrected chi connectivity index (χ3v) is 4.73. The minimum Gasteiger partial charge on any atom is -0.456 e. The van der Waals surface area contributed by atoms with Crippen LogP contribution in [0.3, 0.4) is 0 Å². The van der Waals surface area contributed by atoms with Crippen molar-refractivity contribution in [1.29, 1.82) is 0 Å². The molecule has 1 aliphatic rings. The molecule has 0 bridgehead atoms. The van der Waals surface area contributed by atoms with Gasteiger partial charge in [0.25, 0.3) is 0 Å². The number of ether oxygens (including phenoxy) is 3. The molecule has 0 N–H and O–H groups in total. The first-order valence-corrected chi connectivity index (χ1v) is 9.94. The van der Waals surface area contributed by atoms with Gasteiger partial charge in [-0.15, -0.1) is 0 Å². The van der Waals surface area contributed by atoms with Crippen LogP contribution in [0.15, 0.2) is 72.8 Å². The molecule has 2 aromatic rings. The van der Waals surface area contributed by atoms with E-state index in [1.807, 2.05) is 48.5 Å². The van der Waals surface area contributed by atoms with Crippen LogP contribution in [-0.2, 0) is 20.8 Å². The average molecular weight is 380 g/mol. The summed E-state index contributed by atoms with van der Waals surface area (Å²) in [5.74, 6) is -0.301. The topological polar surface area (TPSA) is 44.8 Å². The van der Waals surface area contributed by atoms with E-state index in [-0.39, 0.29) is 24.3 Å². The molecular weight excluding hydrogens is 352 g/mol. The molecule has 3 rings (SSSR count). The molecular formula is C24H28O4. The van der Waals surface area contributed by atoms with Gasteiger partial charge in [0.05, 0.1) is 31.0 Å². The summed E-state index contributed by atoms with van der Waals surface area (Å²) in [6, 6.07) is 19.2. The van der Waals surface area contributed by atoms with E-state index < -0.39 is 0 Å². The largest absolute Gasteiger partial charge is 0.456 e. The first kappa shape index (κ1) is 20.3. The van der Waals surface area contributed by atoms with Crippen molar-refractivity contribution in [3.8, 4) is 0 Å². The summed E-state index contributed by atoms with van der Waals surface area (Å²) in [4.78, 5) is 12.5. The molecule has 28 heavy (non-hydrogen) atoms. The predicted molar refractivity (Wildman–Crippen MR) is 109 cm³/mol. The summed E-state index contributed by atoms with van der Waals surface area (Å²) in [6.07, 6.45) is 6.09. The maximum absolute atomic E-state index is 12.5. The zero-order valence-corrected chi connectivity index (χ0v) is 16.3. The second kappa shape index (κ2) is 10.8. The van der Waals surface area contributed by atoms with Gasteiger partial charge in [-0.1, -0.05) is 67.6 Å². The highest BCUT2D eigenvalue weighted by Gasteiger charge is 2.37. The fourth-order valence-electron chi connectivity index (χ4n) is 3.30. The van der Waals surface area contributed by atoms with Gasteiger partial charge in [0.1, 0.15) is 6.10 Å². The number of hydrogen-bond acceptors (Lipinski definition) is 4. The molecule has 0 amide bonds. The standard InChI is InChI=1S/C24H28O4/c1-2-3-6-15-22-23(28-24(25)20-13-9-5-10-14-20)16-21(27-22)18-26-17-19-11-7-4-8-12-19/h3-14,21-23H,2,15-18H2,1H3/b6-3+/t21-,22-,23-/m0/s1. The third-order valence-electron chi connectivity index (χ3n) is 4.73. The molecule has 0 aromatic heterocycles. The van der Waals surface area contributed by atoms with Crippen LogP contribution in [0.25, 0.3) is 0 Å². The zero-order valence-electron chi connectivity index (χ0n) is 16.3. The van der Waals surface area contributed by atoms with E-state index in [1.165, 1.54) is 0 Å². The Morgan fingerprint density at radius 3 is 2.50 bits per heavy atom. The van der Waals surface area contributed by atoms with E-state index in [0.717, 1.165) is 18.4 Å². The van der Waals surface area contributed by atoms with Crippen molar-refractivity contribution in [2.75, 3.05) is 6.61 Å². The summed E-state index contributed by atoms with van der Waals surface area (Å²) in [6.45, 7) is 3.14. The molecule has 1 aliphatic heterocycles. The van der Waals surface area contributed by atoms with Crippen LogP contribution in [0.4, 0.5) is 0 Å². The maximum atomic E-state index is 12.5. The Kier molecular flexibility index (Phi) is 7.82. The lowest BCUT2D eigenvalue weighted by atomic mass is 10.1. The van der Waals surface area contributed by atoms with E-state index >= 15 is 0 Å². The van der Waals surface area contributed by atoms with Crippen molar-refractivity contribution >= 4 is 5.97 Å². The molecule has 148 valence electrons. The summed E-state index contributed by atoms with van der Waals surface area (Å²) in [5.41, 5.74) is 1.70. The molecule has 0 unspecified atom stereocenters. The Morgan fingerprint density at radius 2 is 1.79 bits per heavy atom. The molecule has 1 fully saturated rings. The van der Waals surface area contributed by atoms with Crippen molar-refractivity contribution in [2.24, 2.45) is 0 Å². The Hall–Kier alpha value is -2.43. The zero-order chi connectivity index (χ0) is 19.6. The number of hydrogen-bond donors (Lipinski definition) is 0. The number of allylic oxidation sites excluding steroid dienone is 1. The average Bonchev–Trinajstić information content (AvgIpc) is 3.11. The first-order chi connectivity index (χ1) is 13.8. The van der Waals surface area contributed by atoms with E-state index in [2.05, 4.69) is 19.1 Å². The Bertz CT molecular complexity index is 742. The van der Waals surface area contributed by atoms with Crippen molar-refractivity contribution in [1.82, 2.24) is 0 Å². The molecule has 1 heterocycles. The molecule has 0 spiro atoms. The van der Waals surface area contributed by atoms with Crippen LogP contribution in [0.5, 0.6) is 0 Å². The number of carbonyl (C=O) groups excluding carboxylic acids is 1. The number of benzene rings is 2. The monoisotopic (exact) mass is 380 g/mol. The highest BCUT2D eigenvalue weighted by molar-refractivity contribution is 5.89. The molecule has 2 aromatic carbocycles. The van der Waals surface area contributed by atoms with Gasteiger partial charge in [-0.3, -0.25) is 0 Å². The highest BCUT2D eigenvalue weighted by Crippen LogP contribution is 2.27. The van der Waals surface area contributed by atoms with Crippen molar-refractivity contribution in [3.05, 3.63) is 83.9 Å². The molecule has 0 aliphatic carbocycles. The molecule has 4 heteroatoms. The maximum Gasteiger partial charge on any atom is 0.338 e. The van der Waals surface area contributed by atoms with E-state index in [1.54, 1.807) is 12.1 Å². The van der Waals surface area contributed by atoms with Gasteiger partial charge >= 0.3 is 5.97 Å². The van der Waals surface area contributed by atoms with Crippen LogP contribution >= 0.6 is 0 Å².